The number of thiophene rings is 1. The van der Waals surface area contributed by atoms with Crippen LogP contribution in [0.2, 0.25) is 0 Å². The molecule has 0 saturated carbocycles. The van der Waals surface area contributed by atoms with Crippen molar-refractivity contribution in [1.82, 2.24) is 4.98 Å². The van der Waals surface area contributed by atoms with Crippen molar-refractivity contribution in [3.05, 3.63) is 39.2 Å². The van der Waals surface area contributed by atoms with Crippen LogP contribution >= 0.6 is 11.3 Å². The van der Waals surface area contributed by atoms with Crippen LogP contribution in [0.15, 0.2) is 17.5 Å². The van der Waals surface area contributed by atoms with E-state index in [1.165, 1.54) is 10.4 Å². The van der Waals surface area contributed by atoms with Gasteiger partial charge in [0, 0.05) is 10.4 Å². The molecule has 3 nitrogen and oxygen atoms in total. The molecule has 0 amide bonds. The number of carboxylic acid groups (broad SMARTS) is 1. The molecule has 17 heavy (non-hydrogen) atoms. The van der Waals surface area contributed by atoms with Gasteiger partial charge in [0.2, 0.25) is 0 Å². The van der Waals surface area contributed by atoms with Crippen LogP contribution in [0.3, 0.4) is 0 Å². The number of nitrogens with zero attached hydrogens (tertiary/aromatic N) is 1. The number of aryl methyl sites for hydroxylation is 3. The number of hydrogen-bond donors (Lipinski definition) is 1. The smallest absolute Gasteiger partial charge is 0.337 e. The maximum absolute atomic E-state index is 11.1. The van der Waals surface area contributed by atoms with E-state index in [1.807, 2.05) is 0 Å². The lowest BCUT2D eigenvalue weighted by Crippen LogP contribution is -2.09. The largest absolute Gasteiger partial charge is 0.478 e. The normalized spacial score (nSPS) is 13.0. The van der Waals surface area contributed by atoms with Crippen LogP contribution in [-0.4, -0.2) is 16.1 Å². The van der Waals surface area contributed by atoms with Crippen molar-refractivity contribution in [3.8, 4) is 11.3 Å². The summed E-state index contributed by atoms with van der Waals surface area (Å²) >= 11 is 1.75. The van der Waals surface area contributed by atoms with E-state index in [9.17, 15) is 4.79 Å². The number of rotatable bonds is 1. The van der Waals surface area contributed by atoms with Gasteiger partial charge in [0.1, 0.15) is 0 Å². The fraction of sp³-hybridized carbons (Fsp3) is 0.231. The van der Waals surface area contributed by atoms with Crippen LogP contribution in [0.1, 0.15) is 26.5 Å². The maximum Gasteiger partial charge on any atom is 0.337 e. The summed E-state index contributed by atoms with van der Waals surface area (Å²) in [5, 5.41) is 11.2. The molecule has 0 fully saturated rings. The first-order chi connectivity index (χ1) is 8.16. The Morgan fingerprint density at radius 1 is 1.47 bits per heavy atom. The maximum atomic E-state index is 11.1. The van der Waals surface area contributed by atoms with E-state index in [0.29, 0.717) is 11.3 Å². The second-order valence-electron chi connectivity index (χ2n) is 4.19. The van der Waals surface area contributed by atoms with E-state index in [0.717, 1.165) is 24.1 Å². The molecule has 0 atom stereocenters. The molecular formula is C13H11NO2S. The molecule has 0 aliphatic heterocycles. The van der Waals surface area contributed by atoms with Crippen LogP contribution in [0.25, 0.3) is 11.3 Å². The lowest BCUT2D eigenvalue weighted by molar-refractivity contribution is 0.0695. The summed E-state index contributed by atoms with van der Waals surface area (Å²) in [6.45, 7) is 1.75. The van der Waals surface area contributed by atoms with Crippen LogP contribution in [0.5, 0.6) is 0 Å². The van der Waals surface area contributed by atoms with Crippen molar-refractivity contribution in [3.63, 3.8) is 0 Å². The van der Waals surface area contributed by atoms with Gasteiger partial charge in [-0.25, -0.2) is 4.79 Å². The molecule has 0 radical (unpaired) electrons. The molecule has 1 aliphatic carbocycles. The molecule has 86 valence electrons. The second-order valence-corrected chi connectivity index (χ2v) is 5.19. The van der Waals surface area contributed by atoms with Crippen molar-refractivity contribution in [2.45, 2.75) is 19.8 Å². The number of fused-ring (bicyclic) bond motifs is 3. The van der Waals surface area contributed by atoms with Gasteiger partial charge in [0.15, 0.2) is 0 Å². The predicted molar refractivity (Wildman–Crippen MR) is 66.7 cm³/mol. The topological polar surface area (TPSA) is 50.2 Å². The van der Waals surface area contributed by atoms with Crippen molar-refractivity contribution in [2.75, 3.05) is 0 Å². The standard InChI is InChI=1S/C13H11NO2S/c1-7-10(13(15)16)6-8-2-3-11-9(4-5-17-11)12(8)14-7/h4-6H,2-3H2,1H3,(H,15,16). The monoisotopic (exact) mass is 245 g/mol. The first-order valence-corrected chi connectivity index (χ1v) is 6.35. The molecule has 2 heterocycles. The molecule has 1 N–H and O–H groups in total. The Bertz CT molecular complexity index is 616. The third kappa shape index (κ3) is 1.56. The van der Waals surface area contributed by atoms with Crippen molar-refractivity contribution in [2.24, 2.45) is 0 Å². The van der Waals surface area contributed by atoms with Crippen LogP contribution in [-0.2, 0) is 12.8 Å². The summed E-state index contributed by atoms with van der Waals surface area (Å²) in [5.41, 5.74) is 4.11. The average molecular weight is 245 g/mol. The summed E-state index contributed by atoms with van der Waals surface area (Å²) in [4.78, 5) is 16.9. The zero-order chi connectivity index (χ0) is 12.0. The Hall–Kier alpha value is -1.68. The van der Waals surface area contributed by atoms with Gasteiger partial charge in [-0.3, -0.25) is 4.98 Å². The Morgan fingerprint density at radius 2 is 2.29 bits per heavy atom. The van der Waals surface area contributed by atoms with Crippen LogP contribution in [0, 0.1) is 6.92 Å². The average Bonchev–Trinajstić information content (AvgIpc) is 2.76. The van der Waals surface area contributed by atoms with E-state index >= 15 is 0 Å². The molecule has 0 saturated heterocycles. The third-order valence-electron chi connectivity index (χ3n) is 3.14. The molecule has 2 aromatic rings. The molecule has 0 unspecified atom stereocenters. The van der Waals surface area contributed by atoms with Gasteiger partial charge in [0.05, 0.1) is 17.0 Å². The predicted octanol–water partition coefficient (Wildman–Crippen LogP) is 2.92. The molecule has 0 bridgehead atoms. The zero-order valence-corrected chi connectivity index (χ0v) is 10.2. The van der Waals surface area contributed by atoms with Gasteiger partial charge < -0.3 is 5.11 Å². The first kappa shape index (κ1) is 10.5. The lowest BCUT2D eigenvalue weighted by Gasteiger charge is -2.17. The molecular weight excluding hydrogens is 234 g/mol. The van der Waals surface area contributed by atoms with Crippen molar-refractivity contribution >= 4 is 17.3 Å². The lowest BCUT2D eigenvalue weighted by atomic mass is 9.93. The van der Waals surface area contributed by atoms with E-state index in [1.54, 1.807) is 24.3 Å². The van der Waals surface area contributed by atoms with Gasteiger partial charge in [-0.15, -0.1) is 11.3 Å². The second kappa shape index (κ2) is 3.67. The van der Waals surface area contributed by atoms with E-state index in [-0.39, 0.29) is 0 Å². The summed E-state index contributed by atoms with van der Waals surface area (Å²) in [7, 11) is 0. The summed E-state index contributed by atoms with van der Waals surface area (Å²) in [6, 6.07) is 3.85. The fourth-order valence-electron chi connectivity index (χ4n) is 2.28. The van der Waals surface area contributed by atoms with Gasteiger partial charge in [0.25, 0.3) is 0 Å². The number of hydrogen-bond acceptors (Lipinski definition) is 3. The summed E-state index contributed by atoms with van der Waals surface area (Å²) in [5.74, 6) is -0.895. The van der Waals surface area contributed by atoms with Crippen molar-refractivity contribution in [1.29, 1.82) is 0 Å². The zero-order valence-electron chi connectivity index (χ0n) is 9.36. The highest BCUT2D eigenvalue weighted by Crippen LogP contribution is 2.36. The number of aromatic carboxylic acids is 1. The van der Waals surface area contributed by atoms with Crippen molar-refractivity contribution < 1.29 is 9.90 Å². The molecule has 3 rings (SSSR count). The van der Waals surface area contributed by atoms with Gasteiger partial charge in [-0.2, -0.15) is 0 Å². The highest BCUT2D eigenvalue weighted by molar-refractivity contribution is 7.10. The minimum absolute atomic E-state index is 0.322. The Kier molecular flexibility index (Phi) is 2.26. The van der Waals surface area contributed by atoms with Crippen LogP contribution in [0.4, 0.5) is 0 Å². The SMILES string of the molecule is Cc1nc2c(cc1C(=O)O)CCc1sccc1-2. The number of carbonyl (C=O) groups is 1. The van der Waals surface area contributed by atoms with E-state index in [2.05, 4.69) is 16.4 Å². The first-order valence-electron chi connectivity index (χ1n) is 5.47. The van der Waals surface area contributed by atoms with Gasteiger partial charge >= 0.3 is 5.97 Å². The Morgan fingerprint density at radius 3 is 3.06 bits per heavy atom. The molecule has 4 heteroatoms. The van der Waals surface area contributed by atoms with Gasteiger partial charge in [-0.1, -0.05) is 0 Å². The molecule has 0 spiro atoms. The van der Waals surface area contributed by atoms with Gasteiger partial charge in [-0.05, 0) is 42.8 Å². The highest BCUT2D eigenvalue weighted by atomic mass is 32.1. The minimum Gasteiger partial charge on any atom is -0.478 e. The number of aromatic nitrogens is 1. The van der Waals surface area contributed by atoms with E-state index in [4.69, 9.17) is 5.11 Å². The molecule has 0 aromatic carbocycles. The third-order valence-corrected chi connectivity index (χ3v) is 4.13. The summed E-state index contributed by atoms with van der Waals surface area (Å²) in [6.07, 6.45) is 1.88. The van der Waals surface area contributed by atoms with Crippen LogP contribution < -0.4 is 0 Å². The fourth-order valence-corrected chi connectivity index (χ4v) is 3.16. The Labute approximate surface area is 103 Å². The highest BCUT2D eigenvalue weighted by Gasteiger charge is 2.21. The molecule has 1 aliphatic rings. The quantitative estimate of drug-likeness (QED) is 0.840. The summed E-state index contributed by atoms with van der Waals surface area (Å²) < 4.78 is 0. The minimum atomic E-state index is -0.895. The molecule has 2 aromatic heterocycles. The number of pyridine rings is 1. The Balaban J connectivity index is 2.24. The number of carboxylic acids is 1. The van der Waals surface area contributed by atoms with E-state index < -0.39 is 5.97 Å².